The molecule has 1 atom stereocenters. The van der Waals surface area contributed by atoms with E-state index in [1.807, 2.05) is 0 Å². The van der Waals surface area contributed by atoms with E-state index in [-0.39, 0.29) is 0 Å². The smallest absolute Gasteiger partial charge is 0.192 e. The largest absolute Gasteiger partial charge is 0.611 e. The Balaban J connectivity index is 2.51. The van der Waals surface area contributed by atoms with Gasteiger partial charge in [-0.05, 0) is 11.2 Å². The molecule has 0 saturated carbocycles. The van der Waals surface area contributed by atoms with E-state index in [0.29, 0.717) is 5.75 Å². The highest BCUT2D eigenvalue weighted by atomic mass is 32.2. The summed E-state index contributed by atoms with van der Waals surface area (Å²) in [7, 11) is 0. The predicted octanol–water partition coefficient (Wildman–Crippen LogP) is 0.140. The molecule has 0 radical (unpaired) electrons. The van der Waals surface area contributed by atoms with Gasteiger partial charge in [0.15, 0.2) is 4.90 Å². The Bertz CT molecular complexity index is 253. The normalized spacial score (nSPS) is 22.7. The minimum atomic E-state index is -0.823. The van der Waals surface area contributed by atoms with E-state index in [0.717, 1.165) is 17.0 Å². The van der Waals surface area contributed by atoms with Crippen molar-refractivity contribution in [1.82, 2.24) is 9.97 Å². The molecule has 0 fully saturated rings. The van der Waals surface area contributed by atoms with Crippen LogP contribution in [-0.2, 0) is 17.6 Å². The summed E-state index contributed by atoms with van der Waals surface area (Å²) in [4.78, 5) is 8.63. The van der Waals surface area contributed by atoms with Gasteiger partial charge >= 0.3 is 0 Å². The molecule has 1 aromatic rings. The highest BCUT2D eigenvalue weighted by Crippen LogP contribution is 2.21. The fourth-order valence-electron chi connectivity index (χ4n) is 1.02. The molecule has 2 rings (SSSR count). The molecule has 1 unspecified atom stereocenters. The Kier molecular flexibility index (Phi) is 1.35. The summed E-state index contributed by atoms with van der Waals surface area (Å²) in [6.07, 6.45) is 3.98. The van der Waals surface area contributed by atoms with Crippen molar-refractivity contribution in [3.05, 3.63) is 18.2 Å². The molecule has 1 aliphatic heterocycles. The van der Waals surface area contributed by atoms with Gasteiger partial charge in [-0.15, -0.1) is 0 Å². The quantitative estimate of drug-likeness (QED) is 0.499. The lowest BCUT2D eigenvalue weighted by Crippen LogP contribution is -1.98. The first-order valence-corrected chi connectivity index (χ1v) is 4.37. The average Bonchev–Trinajstić information content (AvgIpc) is 2.34. The first kappa shape index (κ1) is 6.12. The molecule has 4 heteroatoms. The molecule has 2 heterocycles. The fraction of sp³-hybridized carbons (Fsp3) is 0.333. The minimum Gasteiger partial charge on any atom is -0.611 e. The number of hydrogen-bond donors (Lipinski definition) is 0. The van der Waals surface area contributed by atoms with Crippen LogP contribution in [-0.4, -0.2) is 20.3 Å². The lowest BCUT2D eigenvalue weighted by atomic mass is 10.3. The summed E-state index contributed by atoms with van der Waals surface area (Å²) in [5, 5.41) is 0. The van der Waals surface area contributed by atoms with Crippen molar-refractivity contribution in [3.8, 4) is 0 Å². The summed E-state index contributed by atoms with van der Waals surface area (Å²) in [5.74, 6) is 0.716. The van der Waals surface area contributed by atoms with Crippen molar-refractivity contribution in [3.63, 3.8) is 0 Å². The summed E-state index contributed by atoms with van der Waals surface area (Å²) >= 11 is -0.823. The molecule has 0 amide bonds. The maximum atomic E-state index is 11.1. The van der Waals surface area contributed by atoms with Gasteiger partial charge in [0.25, 0.3) is 0 Å². The third-order valence-electron chi connectivity index (χ3n) is 1.53. The highest BCUT2D eigenvalue weighted by Gasteiger charge is 2.25. The van der Waals surface area contributed by atoms with E-state index in [1.54, 1.807) is 6.20 Å². The Labute approximate surface area is 61.7 Å². The first-order chi connectivity index (χ1) is 4.88. The molecule has 1 aromatic heterocycles. The van der Waals surface area contributed by atoms with Gasteiger partial charge in [-0.3, -0.25) is 0 Å². The molecule has 0 spiro atoms. The summed E-state index contributed by atoms with van der Waals surface area (Å²) < 4.78 is 11.1. The Morgan fingerprint density at radius 1 is 1.60 bits per heavy atom. The van der Waals surface area contributed by atoms with Crippen LogP contribution in [0.2, 0.25) is 0 Å². The van der Waals surface area contributed by atoms with Crippen molar-refractivity contribution in [2.24, 2.45) is 0 Å². The maximum absolute atomic E-state index is 11.1. The van der Waals surface area contributed by atoms with Crippen LogP contribution in [0.3, 0.4) is 0 Å². The zero-order valence-electron chi connectivity index (χ0n) is 5.28. The molecule has 0 aliphatic carbocycles. The molecule has 10 heavy (non-hydrogen) atoms. The van der Waals surface area contributed by atoms with E-state index in [2.05, 4.69) is 9.97 Å². The highest BCUT2D eigenvalue weighted by molar-refractivity contribution is 7.91. The van der Waals surface area contributed by atoms with Gasteiger partial charge in [-0.2, -0.15) is 0 Å². The molecule has 0 aromatic carbocycles. The fourth-order valence-corrected chi connectivity index (χ4v) is 2.21. The van der Waals surface area contributed by atoms with Crippen LogP contribution in [0.15, 0.2) is 17.4 Å². The summed E-state index contributed by atoms with van der Waals surface area (Å²) in [6, 6.07) is 0. The molecular weight excluding hydrogens is 148 g/mol. The van der Waals surface area contributed by atoms with Crippen molar-refractivity contribution in [1.29, 1.82) is 0 Å². The standard InChI is InChI=1S/C6H6N2OS/c9-10-2-1-5-6(10)3-7-4-8-5/h3-4H,1-2H2. The van der Waals surface area contributed by atoms with Gasteiger partial charge in [0.1, 0.15) is 17.8 Å². The van der Waals surface area contributed by atoms with Crippen LogP contribution < -0.4 is 0 Å². The molecule has 3 nitrogen and oxygen atoms in total. The second kappa shape index (κ2) is 2.21. The number of rotatable bonds is 0. The molecule has 0 N–H and O–H groups in total. The number of aromatic nitrogens is 2. The van der Waals surface area contributed by atoms with Gasteiger partial charge in [-0.25, -0.2) is 9.97 Å². The third-order valence-corrected chi connectivity index (χ3v) is 2.93. The third kappa shape index (κ3) is 0.803. The van der Waals surface area contributed by atoms with Gasteiger partial charge in [0, 0.05) is 6.42 Å². The second-order valence-corrected chi connectivity index (χ2v) is 3.67. The number of hydrogen-bond acceptors (Lipinski definition) is 3. The van der Waals surface area contributed by atoms with Crippen molar-refractivity contribution in [2.45, 2.75) is 11.3 Å². The van der Waals surface area contributed by atoms with E-state index in [1.165, 1.54) is 6.33 Å². The lowest BCUT2D eigenvalue weighted by molar-refractivity contribution is 0.598. The zero-order valence-corrected chi connectivity index (χ0v) is 6.10. The SMILES string of the molecule is [O-][S+]1CCc2ncncc21. The molecular formula is C6H6N2OS. The monoisotopic (exact) mass is 154 g/mol. The van der Waals surface area contributed by atoms with Crippen LogP contribution in [0, 0.1) is 0 Å². The van der Waals surface area contributed by atoms with Gasteiger partial charge in [-0.1, -0.05) is 0 Å². The first-order valence-electron chi connectivity index (χ1n) is 3.05. The number of nitrogens with zero attached hydrogens (tertiary/aromatic N) is 2. The molecule has 0 bridgehead atoms. The summed E-state index contributed by atoms with van der Waals surface area (Å²) in [6.45, 7) is 0. The summed E-state index contributed by atoms with van der Waals surface area (Å²) in [5.41, 5.74) is 0.952. The van der Waals surface area contributed by atoms with Gasteiger partial charge < -0.3 is 4.55 Å². The number of aryl methyl sites for hydroxylation is 1. The second-order valence-electron chi connectivity index (χ2n) is 2.13. The van der Waals surface area contributed by atoms with Gasteiger partial charge in [0.05, 0.1) is 6.20 Å². The minimum absolute atomic E-state index is 0.716. The van der Waals surface area contributed by atoms with E-state index < -0.39 is 11.2 Å². The Morgan fingerprint density at radius 2 is 2.50 bits per heavy atom. The van der Waals surface area contributed by atoms with Crippen LogP contribution >= 0.6 is 0 Å². The topological polar surface area (TPSA) is 48.8 Å². The Hall–Kier alpha value is -0.610. The van der Waals surface area contributed by atoms with Crippen LogP contribution in [0.25, 0.3) is 0 Å². The molecule has 52 valence electrons. The molecule has 1 aliphatic rings. The predicted molar refractivity (Wildman–Crippen MR) is 37.0 cm³/mol. The van der Waals surface area contributed by atoms with Gasteiger partial charge in [0.2, 0.25) is 0 Å². The lowest BCUT2D eigenvalue weighted by Gasteiger charge is -1.99. The van der Waals surface area contributed by atoms with E-state index in [4.69, 9.17) is 0 Å². The van der Waals surface area contributed by atoms with E-state index >= 15 is 0 Å². The van der Waals surface area contributed by atoms with Crippen molar-refractivity contribution >= 4 is 11.2 Å². The average molecular weight is 154 g/mol. The number of fused-ring (bicyclic) bond motifs is 1. The molecule has 0 saturated heterocycles. The van der Waals surface area contributed by atoms with Crippen molar-refractivity contribution in [2.75, 3.05) is 5.75 Å². The van der Waals surface area contributed by atoms with Crippen LogP contribution in [0.4, 0.5) is 0 Å². The Morgan fingerprint density at radius 3 is 3.30 bits per heavy atom. The van der Waals surface area contributed by atoms with E-state index in [9.17, 15) is 4.55 Å². The maximum Gasteiger partial charge on any atom is 0.192 e. The van der Waals surface area contributed by atoms with Crippen LogP contribution in [0.5, 0.6) is 0 Å². The van der Waals surface area contributed by atoms with Crippen LogP contribution in [0.1, 0.15) is 5.69 Å². The van der Waals surface area contributed by atoms with Crippen molar-refractivity contribution < 1.29 is 4.55 Å². The zero-order chi connectivity index (χ0) is 6.97.